The van der Waals surface area contributed by atoms with Gasteiger partial charge in [-0.05, 0) is 32.7 Å². The van der Waals surface area contributed by atoms with Crippen LogP contribution >= 0.6 is 0 Å². The lowest BCUT2D eigenvalue weighted by Gasteiger charge is -2.14. The highest BCUT2D eigenvalue weighted by atomic mass is 16.1. The average Bonchev–Trinajstić information content (AvgIpc) is 2.00. The quantitative estimate of drug-likeness (QED) is 0.677. The number of rotatable bonds is 7. The highest BCUT2D eigenvalue weighted by Crippen LogP contribution is 2.00. The van der Waals surface area contributed by atoms with Crippen molar-refractivity contribution in [3.05, 3.63) is 0 Å². The lowest BCUT2D eigenvalue weighted by Crippen LogP contribution is -2.37. The summed E-state index contributed by atoms with van der Waals surface area (Å²) < 4.78 is 0. The van der Waals surface area contributed by atoms with Crippen LogP contribution in [0.3, 0.4) is 0 Å². The largest absolute Gasteiger partial charge is 0.307 e. The Bertz CT molecular complexity index is 199. The highest BCUT2D eigenvalue weighted by Gasteiger charge is 2.15. The number of ketones is 2. The van der Waals surface area contributed by atoms with Crippen molar-refractivity contribution < 1.29 is 9.59 Å². The van der Waals surface area contributed by atoms with Crippen molar-refractivity contribution in [1.82, 2.24) is 5.32 Å². The molecule has 0 spiro atoms. The van der Waals surface area contributed by atoms with Gasteiger partial charge in [0.05, 0.1) is 6.04 Å². The van der Waals surface area contributed by atoms with Gasteiger partial charge in [-0.3, -0.25) is 9.59 Å². The summed E-state index contributed by atoms with van der Waals surface area (Å²) >= 11 is 0. The molecule has 1 atom stereocenters. The third kappa shape index (κ3) is 6.78. The minimum absolute atomic E-state index is 0.0453. The van der Waals surface area contributed by atoms with E-state index in [2.05, 4.69) is 19.2 Å². The van der Waals surface area contributed by atoms with Crippen LogP contribution in [0.15, 0.2) is 0 Å². The number of Topliss-reactive ketones (excluding diaryl/α,β-unsaturated/α-hetero) is 2. The molecule has 0 bridgehead atoms. The molecule has 0 saturated heterocycles. The number of hydrogen-bond acceptors (Lipinski definition) is 3. The van der Waals surface area contributed by atoms with E-state index in [0.29, 0.717) is 12.3 Å². The van der Waals surface area contributed by atoms with Gasteiger partial charge in [0.2, 0.25) is 0 Å². The fourth-order valence-corrected chi connectivity index (χ4v) is 1.19. The summed E-state index contributed by atoms with van der Waals surface area (Å²) in [6.45, 7) is 8.11. The molecule has 0 aliphatic heterocycles. The maximum Gasteiger partial charge on any atom is 0.147 e. The smallest absolute Gasteiger partial charge is 0.147 e. The van der Waals surface area contributed by atoms with Gasteiger partial charge >= 0.3 is 0 Å². The third-order valence-corrected chi connectivity index (χ3v) is 2.09. The Morgan fingerprint density at radius 3 is 2.14 bits per heavy atom. The van der Waals surface area contributed by atoms with Crippen molar-refractivity contribution in [2.45, 2.75) is 46.6 Å². The number of carbonyl (C=O) groups is 2. The molecule has 0 aliphatic carbocycles. The van der Waals surface area contributed by atoms with E-state index in [4.69, 9.17) is 0 Å². The van der Waals surface area contributed by atoms with E-state index in [1.807, 2.05) is 0 Å². The number of hydrogen-bond donors (Lipinski definition) is 1. The van der Waals surface area contributed by atoms with E-state index in [0.717, 1.165) is 13.0 Å². The molecule has 0 radical (unpaired) electrons. The van der Waals surface area contributed by atoms with Crippen LogP contribution in [-0.4, -0.2) is 24.2 Å². The summed E-state index contributed by atoms with van der Waals surface area (Å²) in [5.41, 5.74) is 0. The lowest BCUT2D eigenvalue weighted by molar-refractivity contribution is -0.124. The molecule has 3 nitrogen and oxygen atoms in total. The van der Waals surface area contributed by atoms with Crippen LogP contribution in [0, 0.1) is 5.92 Å². The van der Waals surface area contributed by atoms with Crippen molar-refractivity contribution in [1.29, 1.82) is 0 Å². The predicted octanol–water partition coefficient (Wildman–Crippen LogP) is 1.56. The molecule has 0 saturated carbocycles. The maximum atomic E-state index is 11.1. The zero-order valence-corrected chi connectivity index (χ0v) is 9.59. The molecule has 1 N–H and O–H groups in total. The first-order valence-corrected chi connectivity index (χ1v) is 5.16. The monoisotopic (exact) mass is 199 g/mol. The van der Waals surface area contributed by atoms with E-state index in [1.54, 1.807) is 0 Å². The zero-order chi connectivity index (χ0) is 11.1. The maximum absolute atomic E-state index is 11.1. The molecule has 0 rings (SSSR count). The fraction of sp³-hybridized carbons (Fsp3) is 0.818. The van der Waals surface area contributed by atoms with Gasteiger partial charge in [0.1, 0.15) is 11.6 Å². The van der Waals surface area contributed by atoms with Gasteiger partial charge in [0.15, 0.2) is 0 Å². The standard InChI is InChI=1S/C11H21NO2/c1-8(2)5-6-12-11(10(4)14)7-9(3)13/h8,11-12H,5-7H2,1-4H3. The molecular formula is C11H21NO2. The Morgan fingerprint density at radius 1 is 1.21 bits per heavy atom. The molecule has 0 aromatic carbocycles. The van der Waals surface area contributed by atoms with Crippen molar-refractivity contribution in [3.63, 3.8) is 0 Å². The van der Waals surface area contributed by atoms with Crippen LogP contribution in [0.2, 0.25) is 0 Å². The van der Waals surface area contributed by atoms with Gasteiger partial charge < -0.3 is 5.32 Å². The molecule has 0 aromatic rings. The van der Waals surface area contributed by atoms with Crippen LogP contribution in [0.25, 0.3) is 0 Å². The Hall–Kier alpha value is -0.700. The molecule has 14 heavy (non-hydrogen) atoms. The van der Waals surface area contributed by atoms with E-state index >= 15 is 0 Å². The van der Waals surface area contributed by atoms with E-state index in [1.165, 1.54) is 13.8 Å². The first kappa shape index (κ1) is 13.3. The van der Waals surface area contributed by atoms with Crippen LogP contribution in [0.5, 0.6) is 0 Å². The summed E-state index contributed by atoms with van der Waals surface area (Å²) in [6, 6.07) is -0.286. The Labute approximate surface area is 86.3 Å². The van der Waals surface area contributed by atoms with Gasteiger partial charge in [-0.15, -0.1) is 0 Å². The molecular weight excluding hydrogens is 178 g/mol. The third-order valence-electron chi connectivity index (χ3n) is 2.09. The molecule has 3 heteroatoms. The molecule has 0 heterocycles. The Morgan fingerprint density at radius 2 is 1.79 bits per heavy atom. The van der Waals surface area contributed by atoms with Crippen molar-refractivity contribution in [3.8, 4) is 0 Å². The summed E-state index contributed by atoms with van der Waals surface area (Å²) in [4.78, 5) is 22.0. The molecule has 0 aromatic heterocycles. The molecule has 82 valence electrons. The fourth-order valence-electron chi connectivity index (χ4n) is 1.19. The Kier molecular flexibility index (Phi) is 6.37. The molecule has 0 amide bonds. The minimum atomic E-state index is -0.286. The van der Waals surface area contributed by atoms with Crippen LogP contribution in [0.4, 0.5) is 0 Å². The van der Waals surface area contributed by atoms with Crippen LogP contribution in [-0.2, 0) is 9.59 Å². The summed E-state index contributed by atoms with van der Waals surface area (Å²) in [5.74, 6) is 0.721. The van der Waals surface area contributed by atoms with Crippen molar-refractivity contribution in [2.75, 3.05) is 6.54 Å². The minimum Gasteiger partial charge on any atom is -0.307 e. The van der Waals surface area contributed by atoms with Gasteiger partial charge in [-0.25, -0.2) is 0 Å². The predicted molar refractivity (Wildman–Crippen MR) is 57.2 cm³/mol. The van der Waals surface area contributed by atoms with Crippen LogP contribution < -0.4 is 5.32 Å². The van der Waals surface area contributed by atoms with E-state index < -0.39 is 0 Å². The van der Waals surface area contributed by atoms with Crippen molar-refractivity contribution in [2.24, 2.45) is 5.92 Å². The molecule has 1 unspecified atom stereocenters. The zero-order valence-electron chi connectivity index (χ0n) is 9.59. The van der Waals surface area contributed by atoms with Gasteiger partial charge in [0.25, 0.3) is 0 Å². The second-order valence-electron chi connectivity index (χ2n) is 4.21. The average molecular weight is 199 g/mol. The second-order valence-corrected chi connectivity index (χ2v) is 4.21. The molecule has 0 aliphatic rings. The second kappa shape index (κ2) is 6.71. The molecule has 0 fully saturated rings. The summed E-state index contributed by atoms with van der Waals surface area (Å²) in [7, 11) is 0. The number of carbonyl (C=O) groups excluding carboxylic acids is 2. The topological polar surface area (TPSA) is 46.2 Å². The van der Waals surface area contributed by atoms with Gasteiger partial charge in [-0.2, -0.15) is 0 Å². The van der Waals surface area contributed by atoms with E-state index in [9.17, 15) is 9.59 Å². The van der Waals surface area contributed by atoms with Gasteiger partial charge in [0, 0.05) is 6.42 Å². The lowest BCUT2D eigenvalue weighted by atomic mass is 10.1. The van der Waals surface area contributed by atoms with E-state index in [-0.39, 0.29) is 17.6 Å². The first-order chi connectivity index (χ1) is 6.43. The Balaban J connectivity index is 3.86. The van der Waals surface area contributed by atoms with Crippen molar-refractivity contribution >= 4 is 11.6 Å². The summed E-state index contributed by atoms with van der Waals surface area (Å²) in [5, 5.41) is 3.11. The normalized spacial score (nSPS) is 12.9. The van der Waals surface area contributed by atoms with Crippen LogP contribution in [0.1, 0.15) is 40.5 Å². The highest BCUT2D eigenvalue weighted by molar-refractivity contribution is 5.88. The number of nitrogens with one attached hydrogen (secondary N) is 1. The first-order valence-electron chi connectivity index (χ1n) is 5.16. The summed E-state index contributed by atoms with van der Waals surface area (Å²) in [6.07, 6.45) is 1.34. The SMILES string of the molecule is CC(=O)CC(NCCC(C)C)C(C)=O. The van der Waals surface area contributed by atoms with Gasteiger partial charge in [-0.1, -0.05) is 13.8 Å².